The van der Waals surface area contributed by atoms with E-state index in [0.717, 1.165) is 6.26 Å². The molecule has 0 saturated carbocycles. The van der Waals surface area contributed by atoms with E-state index in [9.17, 15) is 8.42 Å². The van der Waals surface area contributed by atoms with Gasteiger partial charge in [0.05, 0.1) is 14.2 Å². The van der Waals surface area contributed by atoms with Crippen LogP contribution in [0.1, 0.15) is 5.56 Å². The molecular formula is C12H13NO4S. The fraction of sp³-hybridized carbons (Fsp3) is 0.250. The van der Waals surface area contributed by atoms with Crippen LogP contribution in [0.5, 0.6) is 11.5 Å². The predicted octanol–water partition coefficient (Wildman–Crippen LogP) is 1.61. The third-order valence-corrected chi connectivity index (χ3v) is 3.19. The summed E-state index contributed by atoms with van der Waals surface area (Å²) in [6, 6.07) is 6.55. The van der Waals surface area contributed by atoms with Crippen molar-refractivity contribution in [2.24, 2.45) is 0 Å². The largest absolute Gasteiger partial charge is 0.497 e. The number of sulfone groups is 1. The maximum atomic E-state index is 11.3. The molecule has 0 N–H and O–H groups in total. The molecule has 0 atom stereocenters. The first-order valence-electron chi connectivity index (χ1n) is 4.95. The molecule has 1 aromatic carbocycles. The van der Waals surface area contributed by atoms with Gasteiger partial charge in [-0.2, -0.15) is 5.26 Å². The van der Waals surface area contributed by atoms with Gasteiger partial charge in [0.25, 0.3) is 0 Å². The standard InChI is InChI=1S/C12H13NO4S/c1-16-10-4-9(5-11(7-10)17-2)6-12(8-13)18(3,14)15/h4-7H,1-3H3/b12-6-. The minimum absolute atomic E-state index is 0.308. The third kappa shape index (κ3) is 3.50. The molecule has 0 bridgehead atoms. The van der Waals surface area contributed by atoms with E-state index in [-0.39, 0.29) is 4.91 Å². The van der Waals surface area contributed by atoms with Crippen LogP contribution in [0.15, 0.2) is 23.1 Å². The summed E-state index contributed by atoms with van der Waals surface area (Å²) in [7, 11) is -0.554. The Morgan fingerprint density at radius 1 is 1.22 bits per heavy atom. The molecule has 96 valence electrons. The highest BCUT2D eigenvalue weighted by atomic mass is 32.2. The molecule has 0 aliphatic heterocycles. The Bertz CT molecular complexity index is 589. The minimum Gasteiger partial charge on any atom is -0.497 e. The zero-order valence-corrected chi connectivity index (χ0v) is 11.1. The van der Waals surface area contributed by atoms with Crippen molar-refractivity contribution in [3.63, 3.8) is 0 Å². The highest BCUT2D eigenvalue weighted by Gasteiger charge is 2.11. The van der Waals surface area contributed by atoms with E-state index >= 15 is 0 Å². The summed E-state index contributed by atoms with van der Waals surface area (Å²) in [6.07, 6.45) is 2.26. The Hall–Kier alpha value is -2.00. The lowest BCUT2D eigenvalue weighted by atomic mass is 10.2. The van der Waals surface area contributed by atoms with Crippen molar-refractivity contribution in [3.05, 3.63) is 28.7 Å². The maximum Gasteiger partial charge on any atom is 0.185 e. The fourth-order valence-electron chi connectivity index (χ4n) is 1.29. The van der Waals surface area contributed by atoms with Crippen LogP contribution in [0.3, 0.4) is 0 Å². The third-order valence-electron chi connectivity index (χ3n) is 2.18. The van der Waals surface area contributed by atoms with Crippen molar-refractivity contribution in [1.29, 1.82) is 5.26 Å². The maximum absolute atomic E-state index is 11.3. The van der Waals surface area contributed by atoms with Gasteiger partial charge in [-0.1, -0.05) is 0 Å². The molecule has 0 amide bonds. The minimum atomic E-state index is -3.53. The number of benzene rings is 1. The molecule has 1 rings (SSSR count). The van der Waals surface area contributed by atoms with E-state index in [4.69, 9.17) is 14.7 Å². The highest BCUT2D eigenvalue weighted by molar-refractivity contribution is 7.95. The van der Waals surface area contributed by atoms with Crippen LogP contribution in [0, 0.1) is 11.3 Å². The second-order valence-electron chi connectivity index (χ2n) is 3.54. The summed E-state index contributed by atoms with van der Waals surface area (Å²) >= 11 is 0. The van der Waals surface area contributed by atoms with Crippen LogP contribution in [0.25, 0.3) is 6.08 Å². The number of methoxy groups -OCH3 is 2. The molecule has 0 heterocycles. The summed E-state index contributed by atoms with van der Waals surface area (Å²) in [4.78, 5) is -0.308. The van der Waals surface area contributed by atoms with Gasteiger partial charge in [0.1, 0.15) is 22.5 Å². The number of nitriles is 1. The number of hydrogen-bond donors (Lipinski definition) is 0. The monoisotopic (exact) mass is 267 g/mol. The van der Waals surface area contributed by atoms with Gasteiger partial charge in [0.2, 0.25) is 0 Å². The van der Waals surface area contributed by atoms with Crippen LogP contribution in [-0.4, -0.2) is 28.9 Å². The quantitative estimate of drug-likeness (QED) is 0.775. The summed E-state index contributed by atoms with van der Waals surface area (Å²) in [5, 5.41) is 8.82. The van der Waals surface area contributed by atoms with Gasteiger partial charge in [-0.15, -0.1) is 0 Å². The van der Waals surface area contributed by atoms with Crippen LogP contribution in [-0.2, 0) is 9.84 Å². The van der Waals surface area contributed by atoms with E-state index in [2.05, 4.69) is 0 Å². The Balaban J connectivity index is 3.34. The normalized spacial score (nSPS) is 11.8. The highest BCUT2D eigenvalue weighted by Crippen LogP contribution is 2.24. The first-order valence-corrected chi connectivity index (χ1v) is 6.84. The molecule has 18 heavy (non-hydrogen) atoms. The van der Waals surface area contributed by atoms with Crippen molar-refractivity contribution in [3.8, 4) is 17.6 Å². The van der Waals surface area contributed by atoms with Crippen LogP contribution in [0.2, 0.25) is 0 Å². The molecule has 0 fully saturated rings. The van der Waals surface area contributed by atoms with Gasteiger partial charge in [-0.05, 0) is 23.8 Å². The average Bonchev–Trinajstić information content (AvgIpc) is 2.33. The lowest BCUT2D eigenvalue weighted by molar-refractivity contribution is 0.394. The van der Waals surface area contributed by atoms with Gasteiger partial charge in [0.15, 0.2) is 9.84 Å². The number of hydrogen-bond acceptors (Lipinski definition) is 5. The second kappa shape index (κ2) is 5.56. The molecule has 0 unspecified atom stereocenters. The molecule has 6 heteroatoms. The zero-order chi connectivity index (χ0) is 13.8. The summed E-state index contributed by atoms with van der Waals surface area (Å²) in [6.45, 7) is 0. The van der Waals surface area contributed by atoms with Gasteiger partial charge in [-0.3, -0.25) is 0 Å². The smallest absolute Gasteiger partial charge is 0.185 e. The molecule has 0 aliphatic carbocycles. The molecule has 1 aromatic rings. The molecule has 0 aromatic heterocycles. The van der Waals surface area contributed by atoms with Gasteiger partial charge in [0, 0.05) is 12.3 Å². The van der Waals surface area contributed by atoms with E-state index in [1.807, 2.05) is 0 Å². The van der Waals surface area contributed by atoms with Crippen molar-refractivity contribution >= 4 is 15.9 Å². The molecule has 0 spiro atoms. The second-order valence-corrected chi connectivity index (χ2v) is 5.52. The number of rotatable bonds is 4. The Kier molecular flexibility index (Phi) is 4.34. The molecule has 0 aliphatic rings. The molecule has 0 radical (unpaired) electrons. The molecular weight excluding hydrogens is 254 g/mol. The van der Waals surface area contributed by atoms with Gasteiger partial charge in [-0.25, -0.2) is 8.42 Å². The summed E-state index contributed by atoms with van der Waals surface area (Å²) < 4.78 is 32.8. The van der Waals surface area contributed by atoms with Crippen molar-refractivity contribution in [2.45, 2.75) is 0 Å². The Morgan fingerprint density at radius 2 is 1.72 bits per heavy atom. The first-order chi connectivity index (χ1) is 8.40. The van der Waals surface area contributed by atoms with Crippen LogP contribution in [0.4, 0.5) is 0 Å². The van der Waals surface area contributed by atoms with Crippen molar-refractivity contribution in [2.75, 3.05) is 20.5 Å². The van der Waals surface area contributed by atoms with Crippen molar-refractivity contribution in [1.82, 2.24) is 0 Å². The lowest BCUT2D eigenvalue weighted by Gasteiger charge is -2.06. The van der Waals surface area contributed by atoms with E-state index in [1.165, 1.54) is 20.3 Å². The van der Waals surface area contributed by atoms with Gasteiger partial charge < -0.3 is 9.47 Å². The van der Waals surface area contributed by atoms with E-state index < -0.39 is 9.84 Å². The average molecular weight is 267 g/mol. The van der Waals surface area contributed by atoms with Crippen LogP contribution < -0.4 is 9.47 Å². The summed E-state index contributed by atoms with van der Waals surface area (Å²) in [5.74, 6) is 1.04. The Labute approximate surface area is 106 Å². The lowest BCUT2D eigenvalue weighted by Crippen LogP contribution is -1.98. The summed E-state index contributed by atoms with van der Waals surface area (Å²) in [5.41, 5.74) is 0.521. The van der Waals surface area contributed by atoms with E-state index in [1.54, 1.807) is 24.3 Å². The predicted molar refractivity (Wildman–Crippen MR) is 68.0 cm³/mol. The number of allylic oxidation sites excluding steroid dienone is 1. The number of nitrogens with zero attached hydrogens (tertiary/aromatic N) is 1. The topological polar surface area (TPSA) is 76.4 Å². The number of ether oxygens (including phenoxy) is 2. The van der Waals surface area contributed by atoms with Crippen LogP contribution >= 0.6 is 0 Å². The first kappa shape index (κ1) is 14.1. The zero-order valence-electron chi connectivity index (χ0n) is 10.3. The SMILES string of the molecule is COc1cc(/C=C(/C#N)S(C)(=O)=O)cc(OC)c1. The molecule has 5 nitrogen and oxygen atoms in total. The van der Waals surface area contributed by atoms with Crippen molar-refractivity contribution < 1.29 is 17.9 Å². The fourth-order valence-corrected chi connectivity index (χ4v) is 1.80. The molecule has 0 saturated heterocycles. The van der Waals surface area contributed by atoms with Gasteiger partial charge >= 0.3 is 0 Å². The van der Waals surface area contributed by atoms with E-state index in [0.29, 0.717) is 17.1 Å². The Morgan fingerprint density at radius 3 is 2.06 bits per heavy atom.